The van der Waals surface area contributed by atoms with Crippen LogP contribution in [0.4, 0.5) is 5.69 Å². The molecule has 8 heteroatoms. The zero-order valence-electron chi connectivity index (χ0n) is 17.1. The highest BCUT2D eigenvalue weighted by molar-refractivity contribution is 6.35. The molecule has 1 aliphatic heterocycles. The van der Waals surface area contributed by atoms with Crippen LogP contribution in [0.15, 0.2) is 36.5 Å². The fourth-order valence-electron chi connectivity index (χ4n) is 3.70. The van der Waals surface area contributed by atoms with Crippen LogP contribution in [-0.4, -0.2) is 43.3 Å². The molecule has 0 amide bonds. The summed E-state index contributed by atoms with van der Waals surface area (Å²) >= 11 is 12.7. The minimum Gasteiger partial charge on any atom is -0.495 e. The molecule has 3 aromatic rings. The Labute approximate surface area is 191 Å². The highest BCUT2D eigenvalue weighted by Gasteiger charge is 2.17. The Morgan fingerprint density at radius 1 is 1.19 bits per heavy atom. The quantitative estimate of drug-likeness (QED) is 0.570. The molecule has 1 saturated heterocycles. The number of nitrogens with zero attached hydrogens (tertiary/aromatic N) is 3. The summed E-state index contributed by atoms with van der Waals surface area (Å²) < 4.78 is 10.7. The van der Waals surface area contributed by atoms with E-state index in [1.165, 1.54) is 0 Å². The molecular formula is C23H22Cl2N4O2. The second-order valence-electron chi connectivity index (χ2n) is 7.34. The van der Waals surface area contributed by atoms with Crippen molar-refractivity contribution in [1.82, 2.24) is 9.88 Å². The average molecular weight is 457 g/mol. The molecular weight excluding hydrogens is 435 g/mol. The predicted molar refractivity (Wildman–Crippen MR) is 123 cm³/mol. The van der Waals surface area contributed by atoms with Crippen molar-refractivity contribution in [2.45, 2.75) is 13.1 Å². The van der Waals surface area contributed by atoms with Gasteiger partial charge in [-0.3, -0.25) is 9.88 Å². The van der Waals surface area contributed by atoms with Gasteiger partial charge in [0.25, 0.3) is 0 Å². The largest absolute Gasteiger partial charge is 0.495 e. The third-order valence-electron chi connectivity index (χ3n) is 5.32. The van der Waals surface area contributed by atoms with Crippen LogP contribution < -0.4 is 10.1 Å². The monoisotopic (exact) mass is 456 g/mol. The summed E-state index contributed by atoms with van der Waals surface area (Å²) in [5.41, 5.74) is 4.14. The minimum absolute atomic E-state index is 0.461. The second-order valence-corrected chi connectivity index (χ2v) is 8.15. The number of anilines is 1. The molecule has 1 fully saturated rings. The number of methoxy groups -OCH3 is 1. The highest BCUT2D eigenvalue weighted by Crippen LogP contribution is 2.33. The summed E-state index contributed by atoms with van der Waals surface area (Å²) in [5.74, 6) is 0.637. The molecule has 6 nitrogen and oxygen atoms in total. The van der Waals surface area contributed by atoms with Crippen molar-refractivity contribution < 1.29 is 9.47 Å². The van der Waals surface area contributed by atoms with Gasteiger partial charge >= 0.3 is 0 Å². The number of halogens is 2. The van der Waals surface area contributed by atoms with E-state index >= 15 is 0 Å². The topological polar surface area (TPSA) is 70.4 Å². The van der Waals surface area contributed by atoms with Gasteiger partial charge in [0, 0.05) is 43.3 Å². The first-order chi connectivity index (χ1) is 15.1. The van der Waals surface area contributed by atoms with Gasteiger partial charge in [0.2, 0.25) is 0 Å². The molecule has 0 atom stereocenters. The number of ether oxygens (including phenoxy) is 2. The fourth-order valence-corrected chi connectivity index (χ4v) is 4.25. The number of aromatic nitrogens is 1. The molecule has 31 heavy (non-hydrogen) atoms. The molecule has 2 heterocycles. The number of nitriles is 1. The van der Waals surface area contributed by atoms with Crippen LogP contribution in [-0.2, 0) is 17.8 Å². The van der Waals surface area contributed by atoms with Gasteiger partial charge in [0.1, 0.15) is 5.75 Å². The van der Waals surface area contributed by atoms with Gasteiger partial charge < -0.3 is 14.8 Å². The van der Waals surface area contributed by atoms with E-state index in [9.17, 15) is 5.26 Å². The van der Waals surface area contributed by atoms with Crippen LogP contribution in [0.3, 0.4) is 0 Å². The van der Waals surface area contributed by atoms with Crippen molar-refractivity contribution in [3.8, 4) is 11.8 Å². The van der Waals surface area contributed by atoms with Crippen molar-refractivity contribution in [2.24, 2.45) is 0 Å². The van der Waals surface area contributed by atoms with Crippen LogP contribution in [0.1, 0.15) is 16.7 Å². The smallest absolute Gasteiger partial charge is 0.137 e. The maximum atomic E-state index is 9.43. The normalized spacial score (nSPS) is 14.4. The Morgan fingerprint density at radius 2 is 2.00 bits per heavy atom. The van der Waals surface area contributed by atoms with E-state index in [0.29, 0.717) is 33.4 Å². The minimum atomic E-state index is 0.461. The zero-order valence-corrected chi connectivity index (χ0v) is 18.6. The lowest BCUT2D eigenvalue weighted by Crippen LogP contribution is -2.35. The first kappa shape index (κ1) is 21.7. The van der Waals surface area contributed by atoms with Crippen LogP contribution >= 0.6 is 23.2 Å². The third kappa shape index (κ3) is 4.86. The Kier molecular flexibility index (Phi) is 6.79. The van der Waals surface area contributed by atoms with Gasteiger partial charge in [-0.05, 0) is 29.8 Å². The van der Waals surface area contributed by atoms with E-state index in [0.717, 1.165) is 55.0 Å². The number of benzene rings is 2. The van der Waals surface area contributed by atoms with E-state index in [2.05, 4.69) is 21.3 Å². The van der Waals surface area contributed by atoms with Crippen molar-refractivity contribution in [3.63, 3.8) is 0 Å². The van der Waals surface area contributed by atoms with E-state index in [1.54, 1.807) is 13.2 Å². The highest BCUT2D eigenvalue weighted by atomic mass is 35.5. The molecule has 2 aromatic carbocycles. The molecule has 4 rings (SSSR count). The molecule has 1 N–H and O–H groups in total. The van der Waals surface area contributed by atoms with Crippen LogP contribution in [0.2, 0.25) is 10.0 Å². The summed E-state index contributed by atoms with van der Waals surface area (Å²) in [6.07, 6.45) is 1.86. The number of hydrogen-bond acceptors (Lipinski definition) is 6. The summed E-state index contributed by atoms with van der Waals surface area (Å²) in [4.78, 5) is 6.93. The summed E-state index contributed by atoms with van der Waals surface area (Å²) in [7, 11) is 1.59. The average Bonchev–Trinajstić information content (AvgIpc) is 2.79. The Bertz CT molecular complexity index is 1140. The lowest BCUT2D eigenvalue weighted by molar-refractivity contribution is 0.0342. The van der Waals surface area contributed by atoms with Gasteiger partial charge in [-0.15, -0.1) is 0 Å². The zero-order chi connectivity index (χ0) is 21.8. The Hall–Kier alpha value is -2.56. The van der Waals surface area contributed by atoms with Gasteiger partial charge in [-0.25, -0.2) is 0 Å². The van der Waals surface area contributed by atoms with Crippen LogP contribution in [0.25, 0.3) is 10.9 Å². The predicted octanol–water partition coefficient (Wildman–Crippen LogP) is 4.87. The number of morpholine rings is 1. The lowest BCUT2D eigenvalue weighted by atomic mass is 10.1. The summed E-state index contributed by atoms with van der Waals surface area (Å²) in [6.45, 7) is 4.45. The molecule has 1 aromatic heterocycles. The van der Waals surface area contributed by atoms with Crippen LogP contribution in [0, 0.1) is 11.3 Å². The Morgan fingerprint density at radius 3 is 2.71 bits per heavy atom. The van der Waals surface area contributed by atoms with Gasteiger partial charge in [0.15, 0.2) is 0 Å². The first-order valence-corrected chi connectivity index (χ1v) is 10.7. The molecule has 0 unspecified atom stereocenters. The number of pyridine rings is 1. The summed E-state index contributed by atoms with van der Waals surface area (Å²) in [6, 6.07) is 11.4. The summed E-state index contributed by atoms with van der Waals surface area (Å²) in [5, 5.41) is 14.8. The molecule has 0 bridgehead atoms. The number of fused-ring (bicyclic) bond motifs is 1. The Balaban J connectivity index is 1.71. The molecule has 0 radical (unpaired) electrons. The number of hydrogen-bond donors (Lipinski definition) is 1. The number of rotatable bonds is 6. The van der Waals surface area contributed by atoms with E-state index in [-0.39, 0.29) is 0 Å². The third-order valence-corrected chi connectivity index (χ3v) is 5.90. The molecule has 1 aliphatic rings. The SMILES string of the molecule is COc1ccc(CNc2c(CN3CCOCC3)cnc3c(Cl)cc(C#N)cc23)cc1Cl. The van der Waals surface area contributed by atoms with Crippen molar-refractivity contribution >= 4 is 39.8 Å². The van der Waals surface area contributed by atoms with Gasteiger partial charge in [0.05, 0.1) is 53.2 Å². The van der Waals surface area contributed by atoms with E-state index in [4.69, 9.17) is 32.7 Å². The lowest BCUT2D eigenvalue weighted by Gasteiger charge is -2.27. The van der Waals surface area contributed by atoms with E-state index in [1.807, 2.05) is 30.5 Å². The standard InChI is InChI=1S/C23H22Cl2N4O2/c1-30-21-3-2-15(9-19(21)24)12-27-22-17(14-29-4-6-31-7-5-29)13-28-23-18(22)8-16(11-26)10-20(23)25/h2-3,8-10,13H,4-7,12,14H2,1H3,(H,27,28). The van der Waals surface area contributed by atoms with Gasteiger partial charge in [-0.2, -0.15) is 5.26 Å². The second kappa shape index (κ2) is 9.71. The van der Waals surface area contributed by atoms with Crippen molar-refractivity contribution in [3.05, 3.63) is 63.3 Å². The maximum absolute atomic E-state index is 9.43. The number of nitrogens with one attached hydrogen (secondary N) is 1. The van der Waals surface area contributed by atoms with Gasteiger partial charge in [-0.1, -0.05) is 29.3 Å². The van der Waals surface area contributed by atoms with Crippen molar-refractivity contribution in [1.29, 1.82) is 5.26 Å². The maximum Gasteiger partial charge on any atom is 0.137 e. The molecule has 0 aliphatic carbocycles. The van der Waals surface area contributed by atoms with Crippen molar-refractivity contribution in [2.75, 3.05) is 38.7 Å². The molecule has 160 valence electrons. The first-order valence-electron chi connectivity index (χ1n) is 9.96. The fraction of sp³-hybridized carbons (Fsp3) is 0.304. The molecule has 0 saturated carbocycles. The van der Waals surface area contributed by atoms with E-state index < -0.39 is 0 Å². The van der Waals surface area contributed by atoms with Crippen LogP contribution in [0.5, 0.6) is 5.75 Å². The molecule has 0 spiro atoms.